The summed E-state index contributed by atoms with van der Waals surface area (Å²) < 4.78 is 12.3. The van der Waals surface area contributed by atoms with Gasteiger partial charge in [-0.3, -0.25) is 19.8 Å². The van der Waals surface area contributed by atoms with E-state index in [2.05, 4.69) is 4.98 Å². The molecule has 3 aromatic rings. The number of amides is 1. The van der Waals surface area contributed by atoms with Gasteiger partial charge in [-0.05, 0) is 38.0 Å². The van der Waals surface area contributed by atoms with E-state index in [0.717, 1.165) is 17.5 Å². The largest absolute Gasteiger partial charge is 0.492 e. The summed E-state index contributed by atoms with van der Waals surface area (Å²) in [6.07, 6.45) is 1.71. The molecule has 1 aromatic heterocycles. The van der Waals surface area contributed by atoms with Crippen LogP contribution in [0.5, 0.6) is 5.75 Å². The lowest BCUT2D eigenvalue weighted by Crippen LogP contribution is -2.37. The highest BCUT2D eigenvalue weighted by Crippen LogP contribution is 2.35. The second-order valence-electron chi connectivity index (χ2n) is 6.89. The predicted molar refractivity (Wildman–Crippen MR) is 115 cm³/mol. The molecule has 1 saturated heterocycles. The molecule has 2 aromatic carbocycles. The third kappa shape index (κ3) is 4.12. The van der Waals surface area contributed by atoms with Crippen molar-refractivity contribution in [3.8, 4) is 5.75 Å². The van der Waals surface area contributed by atoms with Crippen LogP contribution in [0.4, 0.5) is 10.8 Å². The topological polar surface area (TPSA) is 94.8 Å². The lowest BCUT2D eigenvalue weighted by Gasteiger charge is -2.23. The van der Waals surface area contributed by atoms with E-state index in [1.165, 1.54) is 29.5 Å². The van der Waals surface area contributed by atoms with Crippen molar-refractivity contribution in [2.24, 2.45) is 0 Å². The predicted octanol–water partition coefficient (Wildman–Crippen LogP) is 4.43. The van der Waals surface area contributed by atoms with Crippen LogP contribution in [-0.4, -0.2) is 41.7 Å². The van der Waals surface area contributed by atoms with Crippen LogP contribution in [-0.2, 0) is 4.74 Å². The zero-order valence-electron chi connectivity index (χ0n) is 16.4. The third-order valence-electron chi connectivity index (χ3n) is 4.86. The van der Waals surface area contributed by atoms with Gasteiger partial charge in [-0.25, -0.2) is 4.98 Å². The number of anilines is 1. The number of nitro groups is 1. The smallest absolute Gasteiger partial charge is 0.270 e. The highest BCUT2D eigenvalue weighted by atomic mass is 32.1. The Morgan fingerprint density at radius 1 is 1.37 bits per heavy atom. The Hall–Kier alpha value is -3.04. The van der Waals surface area contributed by atoms with Gasteiger partial charge in [0.05, 0.1) is 28.9 Å². The molecular formula is C21H21N3O5S. The van der Waals surface area contributed by atoms with Gasteiger partial charge in [-0.15, -0.1) is 0 Å². The third-order valence-corrected chi connectivity index (χ3v) is 5.90. The molecule has 1 aliphatic rings. The first-order valence-electron chi connectivity index (χ1n) is 9.77. The normalized spacial score (nSPS) is 16.0. The molecular weight excluding hydrogens is 406 g/mol. The van der Waals surface area contributed by atoms with Gasteiger partial charge in [-0.2, -0.15) is 0 Å². The van der Waals surface area contributed by atoms with Crippen LogP contribution in [0.2, 0.25) is 0 Å². The van der Waals surface area contributed by atoms with E-state index < -0.39 is 4.92 Å². The Kier molecular flexibility index (Phi) is 5.91. The molecule has 4 rings (SSSR count). The van der Waals surface area contributed by atoms with Crippen molar-refractivity contribution < 1.29 is 19.2 Å². The molecule has 9 heteroatoms. The van der Waals surface area contributed by atoms with Crippen LogP contribution in [0.3, 0.4) is 0 Å². The number of para-hydroxylation sites is 1. The summed E-state index contributed by atoms with van der Waals surface area (Å²) in [5.74, 6) is 0.323. The second-order valence-corrected chi connectivity index (χ2v) is 7.90. The van der Waals surface area contributed by atoms with E-state index in [9.17, 15) is 14.9 Å². The fourth-order valence-corrected chi connectivity index (χ4v) is 4.44. The fourth-order valence-electron chi connectivity index (χ4n) is 3.45. The summed E-state index contributed by atoms with van der Waals surface area (Å²) in [6.45, 7) is 3.42. The zero-order valence-corrected chi connectivity index (χ0v) is 17.3. The van der Waals surface area contributed by atoms with E-state index >= 15 is 0 Å². The maximum atomic E-state index is 13.4. The van der Waals surface area contributed by atoms with Crippen molar-refractivity contribution >= 4 is 38.3 Å². The van der Waals surface area contributed by atoms with Crippen LogP contribution in [0.1, 0.15) is 30.1 Å². The number of carbonyl (C=O) groups is 1. The number of thiazole rings is 1. The maximum Gasteiger partial charge on any atom is 0.270 e. The Balaban J connectivity index is 1.73. The summed E-state index contributed by atoms with van der Waals surface area (Å²) in [4.78, 5) is 30.3. The number of carbonyl (C=O) groups excluding carboxylic acids is 1. The molecule has 8 nitrogen and oxygen atoms in total. The quantitative estimate of drug-likeness (QED) is 0.409. The van der Waals surface area contributed by atoms with Crippen LogP contribution in [0, 0.1) is 10.1 Å². The Bertz CT molecular complexity index is 1080. The summed E-state index contributed by atoms with van der Waals surface area (Å²) in [5.41, 5.74) is 0.816. The minimum atomic E-state index is -0.507. The molecule has 0 radical (unpaired) electrons. The number of non-ortho nitro benzene ring substituents is 1. The molecule has 1 fully saturated rings. The van der Waals surface area contributed by atoms with Gasteiger partial charge in [0.15, 0.2) is 5.13 Å². The SMILES string of the molecule is CCOc1cccc2sc(N(CC3CCCO3)C(=O)c3cccc([N+](=O)[O-])c3)nc12. The van der Waals surface area contributed by atoms with Gasteiger partial charge in [0, 0.05) is 24.3 Å². The van der Waals surface area contributed by atoms with Crippen LogP contribution in [0.15, 0.2) is 42.5 Å². The second kappa shape index (κ2) is 8.76. The summed E-state index contributed by atoms with van der Waals surface area (Å²) in [5, 5.41) is 11.7. The average molecular weight is 427 g/mol. The van der Waals surface area contributed by atoms with Gasteiger partial charge in [0.25, 0.3) is 11.6 Å². The van der Waals surface area contributed by atoms with E-state index in [-0.39, 0.29) is 23.3 Å². The van der Waals surface area contributed by atoms with Gasteiger partial charge in [0.2, 0.25) is 0 Å². The molecule has 1 atom stereocenters. The van der Waals surface area contributed by atoms with Crippen molar-refractivity contribution in [2.75, 3.05) is 24.7 Å². The molecule has 0 spiro atoms. The van der Waals surface area contributed by atoms with Gasteiger partial charge >= 0.3 is 0 Å². The number of nitrogens with zero attached hydrogens (tertiary/aromatic N) is 3. The number of benzene rings is 2. The molecule has 0 N–H and O–H groups in total. The lowest BCUT2D eigenvalue weighted by molar-refractivity contribution is -0.384. The van der Waals surface area contributed by atoms with Gasteiger partial charge < -0.3 is 9.47 Å². The molecule has 1 unspecified atom stereocenters. The molecule has 156 valence electrons. The highest BCUT2D eigenvalue weighted by Gasteiger charge is 2.28. The monoisotopic (exact) mass is 427 g/mol. The van der Waals surface area contributed by atoms with Crippen LogP contribution in [0.25, 0.3) is 10.2 Å². The number of hydrogen-bond donors (Lipinski definition) is 0. The Labute approximate surface area is 177 Å². The molecule has 1 aliphatic heterocycles. The Morgan fingerprint density at radius 3 is 2.93 bits per heavy atom. The molecule has 0 aliphatic carbocycles. The van der Waals surface area contributed by atoms with Crippen molar-refractivity contribution in [1.29, 1.82) is 0 Å². The van der Waals surface area contributed by atoms with Gasteiger partial charge in [0.1, 0.15) is 11.3 Å². The number of nitro benzene ring substituents is 1. The van der Waals surface area contributed by atoms with Crippen molar-refractivity contribution in [2.45, 2.75) is 25.9 Å². The van der Waals surface area contributed by atoms with E-state index in [1.807, 2.05) is 25.1 Å². The summed E-state index contributed by atoms with van der Waals surface area (Å²) in [6, 6.07) is 11.4. The molecule has 2 heterocycles. The minimum absolute atomic E-state index is 0.0916. The van der Waals surface area contributed by atoms with Crippen LogP contribution >= 0.6 is 11.3 Å². The standard InChI is InChI=1S/C21H21N3O5S/c1-2-28-17-9-4-10-18-19(17)22-21(30-18)23(13-16-8-5-11-29-16)20(25)14-6-3-7-15(12-14)24(26)27/h3-4,6-7,9-10,12,16H,2,5,8,11,13H2,1H3. The summed E-state index contributed by atoms with van der Waals surface area (Å²) >= 11 is 1.39. The minimum Gasteiger partial charge on any atom is -0.492 e. The van der Waals surface area contributed by atoms with E-state index in [4.69, 9.17) is 9.47 Å². The maximum absolute atomic E-state index is 13.4. The highest BCUT2D eigenvalue weighted by molar-refractivity contribution is 7.22. The molecule has 30 heavy (non-hydrogen) atoms. The van der Waals surface area contributed by atoms with E-state index in [0.29, 0.717) is 36.2 Å². The first kappa shape index (κ1) is 20.2. The average Bonchev–Trinajstić information content (AvgIpc) is 3.42. The van der Waals surface area contributed by atoms with Crippen molar-refractivity contribution in [1.82, 2.24) is 4.98 Å². The molecule has 0 bridgehead atoms. The van der Waals surface area contributed by atoms with Gasteiger partial charge in [-0.1, -0.05) is 23.5 Å². The van der Waals surface area contributed by atoms with Crippen molar-refractivity contribution in [3.05, 3.63) is 58.1 Å². The first-order chi connectivity index (χ1) is 14.6. The zero-order chi connectivity index (χ0) is 21.1. The number of fused-ring (bicyclic) bond motifs is 1. The molecule has 0 saturated carbocycles. The number of hydrogen-bond acceptors (Lipinski definition) is 7. The Morgan fingerprint density at radius 2 is 2.20 bits per heavy atom. The number of ether oxygens (including phenoxy) is 2. The summed E-state index contributed by atoms with van der Waals surface area (Å²) in [7, 11) is 0. The number of rotatable bonds is 7. The van der Waals surface area contributed by atoms with Crippen molar-refractivity contribution in [3.63, 3.8) is 0 Å². The first-order valence-corrected chi connectivity index (χ1v) is 10.6. The van der Waals surface area contributed by atoms with E-state index in [1.54, 1.807) is 11.0 Å². The van der Waals surface area contributed by atoms with Crippen LogP contribution < -0.4 is 9.64 Å². The molecule has 1 amide bonds. The number of aromatic nitrogens is 1. The lowest BCUT2D eigenvalue weighted by atomic mass is 10.1. The fraction of sp³-hybridized carbons (Fsp3) is 0.333.